The number of hydrogen-bond donors (Lipinski definition) is 2. The molecule has 1 saturated carbocycles. The van der Waals surface area contributed by atoms with Crippen molar-refractivity contribution in [1.82, 2.24) is 5.32 Å². The van der Waals surface area contributed by atoms with Crippen LogP contribution in [0.3, 0.4) is 0 Å². The maximum absolute atomic E-state index is 10.6. The van der Waals surface area contributed by atoms with E-state index in [0.29, 0.717) is 41.2 Å². The Morgan fingerprint density at radius 1 is 1.12 bits per heavy atom. The molecule has 1 aromatic carbocycles. The number of rotatable bonds is 7. The third-order valence-corrected chi connectivity index (χ3v) is 5.06. The molecule has 0 heterocycles. The summed E-state index contributed by atoms with van der Waals surface area (Å²) >= 11 is 0. The minimum absolute atomic E-state index is 0.354. The molecule has 142 valence electrons. The molecule has 2 rings (SSSR count). The summed E-state index contributed by atoms with van der Waals surface area (Å²) in [6.07, 6.45) is 2.93. The van der Waals surface area contributed by atoms with Crippen LogP contribution >= 0.6 is 0 Å². The first-order chi connectivity index (χ1) is 11.8. The van der Waals surface area contributed by atoms with E-state index in [9.17, 15) is 5.11 Å². The second-order valence-electron chi connectivity index (χ2n) is 7.99. The van der Waals surface area contributed by atoms with E-state index in [1.807, 2.05) is 0 Å². The predicted molar refractivity (Wildman–Crippen MR) is 99.6 cm³/mol. The molecule has 3 atom stereocenters. The molecule has 25 heavy (non-hydrogen) atoms. The molecule has 5 heteroatoms. The normalized spacial score (nSPS) is 23.8. The molecule has 1 aliphatic carbocycles. The molecule has 0 spiro atoms. The first-order valence-corrected chi connectivity index (χ1v) is 9.01. The third-order valence-electron chi connectivity index (χ3n) is 5.06. The highest BCUT2D eigenvalue weighted by Crippen LogP contribution is 2.40. The number of ether oxygens (including phenoxy) is 3. The van der Waals surface area contributed by atoms with Gasteiger partial charge in [0.25, 0.3) is 0 Å². The lowest BCUT2D eigenvalue weighted by Crippen LogP contribution is -2.41. The van der Waals surface area contributed by atoms with E-state index in [4.69, 9.17) is 14.2 Å². The zero-order valence-corrected chi connectivity index (χ0v) is 16.4. The lowest BCUT2D eigenvalue weighted by molar-refractivity contribution is 0.126. The van der Waals surface area contributed by atoms with Crippen molar-refractivity contribution >= 4 is 0 Å². The molecule has 2 N–H and O–H groups in total. The fourth-order valence-electron chi connectivity index (χ4n) is 4.19. The van der Waals surface area contributed by atoms with Gasteiger partial charge in [-0.05, 0) is 48.3 Å². The summed E-state index contributed by atoms with van der Waals surface area (Å²) in [7, 11) is 4.73. The monoisotopic (exact) mass is 351 g/mol. The highest BCUT2D eigenvalue weighted by Gasteiger charge is 2.32. The molecule has 3 unspecified atom stereocenters. The summed E-state index contributed by atoms with van der Waals surface area (Å²) < 4.78 is 16.1. The number of aliphatic hydroxyl groups is 1. The van der Waals surface area contributed by atoms with Gasteiger partial charge < -0.3 is 24.6 Å². The Morgan fingerprint density at radius 2 is 1.72 bits per heavy atom. The fraction of sp³-hybridized carbons (Fsp3) is 0.700. The maximum atomic E-state index is 10.6. The third kappa shape index (κ3) is 5.02. The lowest BCUT2D eigenvalue weighted by Gasteiger charge is -2.39. The number of aliphatic hydroxyl groups excluding tert-OH is 1. The average molecular weight is 351 g/mol. The van der Waals surface area contributed by atoms with Crippen LogP contribution in [0.15, 0.2) is 12.1 Å². The van der Waals surface area contributed by atoms with Gasteiger partial charge in [0, 0.05) is 12.6 Å². The molecular formula is C20H33NO4. The van der Waals surface area contributed by atoms with Crippen LogP contribution in [0.4, 0.5) is 0 Å². The van der Waals surface area contributed by atoms with E-state index < -0.39 is 6.10 Å². The van der Waals surface area contributed by atoms with Gasteiger partial charge in [-0.1, -0.05) is 20.8 Å². The molecule has 1 aromatic rings. The van der Waals surface area contributed by atoms with Crippen LogP contribution in [0.5, 0.6) is 17.2 Å². The van der Waals surface area contributed by atoms with Crippen molar-refractivity contribution in [3.8, 4) is 17.2 Å². The van der Waals surface area contributed by atoms with E-state index in [-0.39, 0.29) is 0 Å². The molecule has 1 fully saturated rings. The van der Waals surface area contributed by atoms with E-state index in [0.717, 1.165) is 18.4 Å². The van der Waals surface area contributed by atoms with Gasteiger partial charge in [0.05, 0.1) is 27.4 Å². The van der Waals surface area contributed by atoms with Gasteiger partial charge in [-0.25, -0.2) is 0 Å². The van der Waals surface area contributed by atoms with Crippen molar-refractivity contribution in [2.24, 2.45) is 11.3 Å². The zero-order chi connectivity index (χ0) is 18.6. The Morgan fingerprint density at radius 3 is 2.20 bits per heavy atom. The van der Waals surface area contributed by atoms with Crippen LogP contribution in [-0.2, 0) is 0 Å². The second-order valence-corrected chi connectivity index (χ2v) is 7.99. The van der Waals surface area contributed by atoms with E-state index in [1.165, 1.54) is 6.42 Å². The van der Waals surface area contributed by atoms with Gasteiger partial charge in [0.2, 0.25) is 5.75 Å². The van der Waals surface area contributed by atoms with E-state index in [1.54, 1.807) is 33.5 Å². The van der Waals surface area contributed by atoms with Crippen LogP contribution in [0, 0.1) is 11.3 Å². The minimum atomic E-state index is -0.631. The number of hydrogen-bond acceptors (Lipinski definition) is 5. The molecule has 0 aliphatic heterocycles. The second kappa shape index (κ2) is 8.28. The van der Waals surface area contributed by atoms with Crippen molar-refractivity contribution in [3.63, 3.8) is 0 Å². The highest BCUT2D eigenvalue weighted by molar-refractivity contribution is 5.54. The quantitative estimate of drug-likeness (QED) is 0.787. The largest absolute Gasteiger partial charge is 0.493 e. The molecule has 0 amide bonds. The average Bonchev–Trinajstić information content (AvgIpc) is 2.56. The molecule has 0 bridgehead atoms. The Labute approximate surface area is 151 Å². The SMILES string of the molecule is COc1cc(C(O)CNC2CC(C)CC(C)(C)C2)cc(OC)c1OC. The van der Waals surface area contributed by atoms with Crippen LogP contribution in [-0.4, -0.2) is 39.0 Å². The van der Waals surface area contributed by atoms with Gasteiger partial charge in [0.15, 0.2) is 11.5 Å². The summed E-state index contributed by atoms with van der Waals surface area (Å²) in [5.41, 5.74) is 1.11. The van der Waals surface area contributed by atoms with Crippen molar-refractivity contribution in [2.75, 3.05) is 27.9 Å². The van der Waals surface area contributed by atoms with Gasteiger partial charge >= 0.3 is 0 Å². The first kappa shape index (κ1) is 19.9. The first-order valence-electron chi connectivity index (χ1n) is 9.01. The molecule has 5 nitrogen and oxygen atoms in total. The van der Waals surface area contributed by atoms with Crippen molar-refractivity contribution in [2.45, 2.75) is 52.2 Å². The summed E-state index contributed by atoms with van der Waals surface area (Å²) in [5, 5.41) is 14.2. The van der Waals surface area contributed by atoms with Gasteiger partial charge in [-0.3, -0.25) is 0 Å². The zero-order valence-electron chi connectivity index (χ0n) is 16.4. The Kier molecular flexibility index (Phi) is 6.58. The van der Waals surface area contributed by atoms with Gasteiger partial charge in [-0.2, -0.15) is 0 Å². The standard InChI is InChI=1S/C20H33NO4/c1-13-7-15(11-20(2,3)10-13)21-12-16(22)14-8-17(23-4)19(25-6)18(9-14)24-5/h8-9,13,15-16,21-22H,7,10-12H2,1-6H3. The molecule has 0 radical (unpaired) electrons. The number of benzene rings is 1. The van der Waals surface area contributed by atoms with Crippen molar-refractivity contribution in [3.05, 3.63) is 17.7 Å². The summed E-state index contributed by atoms with van der Waals surface area (Å²) in [5.74, 6) is 2.36. The van der Waals surface area contributed by atoms with Gasteiger partial charge in [0.1, 0.15) is 0 Å². The Balaban J connectivity index is 2.06. The van der Waals surface area contributed by atoms with Crippen molar-refractivity contribution < 1.29 is 19.3 Å². The van der Waals surface area contributed by atoms with E-state index >= 15 is 0 Å². The topological polar surface area (TPSA) is 60.0 Å². The minimum Gasteiger partial charge on any atom is -0.493 e. The summed E-state index contributed by atoms with van der Waals surface area (Å²) in [4.78, 5) is 0. The summed E-state index contributed by atoms with van der Waals surface area (Å²) in [6.45, 7) is 7.47. The molecule has 0 saturated heterocycles. The number of methoxy groups -OCH3 is 3. The van der Waals surface area contributed by atoms with Gasteiger partial charge in [-0.15, -0.1) is 0 Å². The van der Waals surface area contributed by atoms with Crippen LogP contribution in [0.25, 0.3) is 0 Å². The molecule has 1 aliphatic rings. The lowest BCUT2D eigenvalue weighted by atomic mass is 9.70. The molecule has 0 aromatic heterocycles. The Hall–Kier alpha value is -1.46. The van der Waals surface area contributed by atoms with Crippen LogP contribution in [0.1, 0.15) is 51.7 Å². The smallest absolute Gasteiger partial charge is 0.203 e. The molecular weight excluding hydrogens is 318 g/mol. The fourth-order valence-corrected chi connectivity index (χ4v) is 4.19. The summed E-state index contributed by atoms with van der Waals surface area (Å²) in [6, 6.07) is 4.05. The van der Waals surface area contributed by atoms with Crippen molar-refractivity contribution in [1.29, 1.82) is 0 Å². The maximum Gasteiger partial charge on any atom is 0.203 e. The van der Waals surface area contributed by atoms with E-state index in [2.05, 4.69) is 26.1 Å². The van der Waals surface area contributed by atoms with Crippen LogP contribution < -0.4 is 19.5 Å². The Bertz CT molecular complexity index is 548. The number of nitrogens with one attached hydrogen (secondary N) is 1. The van der Waals surface area contributed by atoms with Crippen LogP contribution in [0.2, 0.25) is 0 Å². The predicted octanol–water partition coefficient (Wildman–Crippen LogP) is 3.55. The highest BCUT2D eigenvalue weighted by atomic mass is 16.5.